The Hall–Kier alpha value is -3.54. The first-order valence-corrected chi connectivity index (χ1v) is 7.94. The zero-order valence-corrected chi connectivity index (χ0v) is 14.4. The van der Waals surface area contributed by atoms with Gasteiger partial charge in [0, 0.05) is 11.8 Å². The van der Waals surface area contributed by atoms with E-state index >= 15 is 0 Å². The molecule has 3 aromatic rings. The van der Waals surface area contributed by atoms with Gasteiger partial charge in [-0.25, -0.2) is 0 Å². The van der Waals surface area contributed by atoms with Gasteiger partial charge in [0.05, 0.1) is 19.9 Å². The first-order valence-electron chi connectivity index (χ1n) is 7.94. The van der Waals surface area contributed by atoms with Crippen LogP contribution in [0.4, 0.5) is 11.4 Å². The highest BCUT2D eigenvalue weighted by molar-refractivity contribution is 6.43. The van der Waals surface area contributed by atoms with Crippen molar-refractivity contribution in [2.45, 2.75) is 0 Å². The second-order valence-corrected chi connectivity index (χ2v) is 5.54. The molecule has 3 aromatic carbocycles. The molecule has 0 radical (unpaired) electrons. The molecule has 0 aromatic heterocycles. The molecular formula is C20H18N2O4. The summed E-state index contributed by atoms with van der Waals surface area (Å²) in [6.07, 6.45) is 0. The van der Waals surface area contributed by atoms with Crippen LogP contribution in [0.3, 0.4) is 0 Å². The number of rotatable bonds is 4. The summed E-state index contributed by atoms with van der Waals surface area (Å²) in [5, 5.41) is 7.16. The predicted molar refractivity (Wildman–Crippen MR) is 101 cm³/mol. The lowest BCUT2D eigenvalue weighted by molar-refractivity contribution is -0.133. The molecule has 0 atom stereocenters. The summed E-state index contributed by atoms with van der Waals surface area (Å²) in [5.74, 6) is -0.573. The minimum atomic E-state index is -0.790. The quantitative estimate of drug-likeness (QED) is 0.707. The predicted octanol–water partition coefficient (Wildman–Crippen LogP) is 3.43. The van der Waals surface area contributed by atoms with Gasteiger partial charge < -0.3 is 20.1 Å². The van der Waals surface area contributed by atoms with Crippen molar-refractivity contribution in [2.24, 2.45) is 0 Å². The molecule has 6 heteroatoms. The molecular weight excluding hydrogens is 332 g/mol. The van der Waals surface area contributed by atoms with Crippen LogP contribution in [-0.2, 0) is 9.59 Å². The summed E-state index contributed by atoms with van der Waals surface area (Å²) < 4.78 is 10.3. The molecule has 0 aliphatic rings. The Morgan fingerprint density at radius 2 is 1.50 bits per heavy atom. The maximum absolute atomic E-state index is 12.2. The van der Waals surface area contributed by atoms with E-state index in [4.69, 9.17) is 9.47 Å². The highest BCUT2D eigenvalue weighted by Gasteiger charge is 2.16. The van der Waals surface area contributed by atoms with Gasteiger partial charge >= 0.3 is 11.8 Å². The smallest absolute Gasteiger partial charge is 0.314 e. The Bertz CT molecular complexity index is 969. The molecule has 0 aliphatic heterocycles. The molecule has 0 saturated heterocycles. The van der Waals surface area contributed by atoms with Crippen molar-refractivity contribution in [3.8, 4) is 11.5 Å². The van der Waals surface area contributed by atoms with E-state index in [1.807, 2.05) is 36.4 Å². The van der Waals surface area contributed by atoms with Crippen LogP contribution in [0.15, 0.2) is 60.7 Å². The van der Waals surface area contributed by atoms with Crippen molar-refractivity contribution in [1.29, 1.82) is 0 Å². The summed E-state index contributed by atoms with van der Waals surface area (Å²) in [6, 6.07) is 18.1. The molecule has 0 heterocycles. The number of methoxy groups -OCH3 is 2. The Balaban J connectivity index is 1.72. The maximum Gasteiger partial charge on any atom is 0.314 e. The van der Waals surface area contributed by atoms with E-state index in [0.717, 1.165) is 10.8 Å². The van der Waals surface area contributed by atoms with E-state index in [1.165, 1.54) is 14.2 Å². The fourth-order valence-corrected chi connectivity index (χ4v) is 2.54. The van der Waals surface area contributed by atoms with Gasteiger partial charge in [-0.05, 0) is 35.0 Å². The van der Waals surface area contributed by atoms with E-state index in [-0.39, 0.29) is 0 Å². The first kappa shape index (κ1) is 17.3. The number of fused-ring (bicyclic) bond motifs is 1. The van der Waals surface area contributed by atoms with Crippen molar-refractivity contribution in [3.63, 3.8) is 0 Å². The SMILES string of the molecule is COc1ccc(NC(=O)C(=O)Nc2ccc3ccccc3c2)c(OC)c1. The van der Waals surface area contributed by atoms with Crippen molar-refractivity contribution < 1.29 is 19.1 Å². The van der Waals surface area contributed by atoms with E-state index in [1.54, 1.807) is 24.3 Å². The lowest BCUT2D eigenvalue weighted by atomic mass is 10.1. The Labute approximate surface area is 150 Å². The normalized spacial score (nSPS) is 10.2. The third kappa shape index (κ3) is 3.75. The van der Waals surface area contributed by atoms with Crippen LogP contribution in [0, 0.1) is 0 Å². The van der Waals surface area contributed by atoms with Gasteiger partial charge in [-0.3, -0.25) is 9.59 Å². The summed E-state index contributed by atoms with van der Waals surface area (Å²) in [4.78, 5) is 24.4. The van der Waals surface area contributed by atoms with Crippen molar-refractivity contribution in [2.75, 3.05) is 24.9 Å². The third-order valence-electron chi connectivity index (χ3n) is 3.87. The van der Waals surface area contributed by atoms with E-state index in [9.17, 15) is 9.59 Å². The average molecular weight is 350 g/mol. The second kappa shape index (κ2) is 7.57. The van der Waals surface area contributed by atoms with Crippen molar-refractivity contribution in [3.05, 3.63) is 60.7 Å². The molecule has 3 rings (SSSR count). The number of nitrogens with one attached hydrogen (secondary N) is 2. The molecule has 0 unspecified atom stereocenters. The van der Waals surface area contributed by atoms with Crippen molar-refractivity contribution in [1.82, 2.24) is 0 Å². The van der Waals surface area contributed by atoms with Crippen LogP contribution in [0.1, 0.15) is 0 Å². The van der Waals surface area contributed by atoms with Crippen molar-refractivity contribution >= 4 is 34.0 Å². The first-order chi connectivity index (χ1) is 12.6. The Morgan fingerprint density at radius 1 is 0.769 bits per heavy atom. The van der Waals surface area contributed by atoms with E-state index < -0.39 is 11.8 Å². The number of carbonyl (C=O) groups excluding carboxylic acids is 2. The summed E-state index contributed by atoms with van der Waals surface area (Å²) in [6.45, 7) is 0. The van der Waals surface area contributed by atoms with Crippen LogP contribution in [0.25, 0.3) is 10.8 Å². The molecule has 6 nitrogen and oxygen atoms in total. The largest absolute Gasteiger partial charge is 0.497 e. The molecule has 0 fully saturated rings. The zero-order valence-electron chi connectivity index (χ0n) is 14.4. The number of carbonyl (C=O) groups is 2. The van der Waals surface area contributed by atoms with Crippen LogP contribution in [-0.4, -0.2) is 26.0 Å². The number of ether oxygens (including phenoxy) is 2. The summed E-state index contributed by atoms with van der Waals surface area (Å²) in [7, 11) is 3.00. The van der Waals surface area contributed by atoms with Gasteiger partial charge in [-0.2, -0.15) is 0 Å². The minimum absolute atomic E-state index is 0.381. The fraction of sp³-hybridized carbons (Fsp3) is 0.100. The molecule has 0 bridgehead atoms. The lowest BCUT2D eigenvalue weighted by Crippen LogP contribution is -2.29. The standard InChI is InChI=1S/C20H18N2O4/c1-25-16-9-10-17(18(12-16)26-2)22-20(24)19(23)21-15-8-7-13-5-3-4-6-14(13)11-15/h3-12H,1-2H3,(H,21,23)(H,22,24). The van der Waals surface area contributed by atoms with Gasteiger partial charge in [0.15, 0.2) is 0 Å². The van der Waals surface area contributed by atoms with Gasteiger partial charge in [0.1, 0.15) is 11.5 Å². The molecule has 26 heavy (non-hydrogen) atoms. The van der Waals surface area contributed by atoms with Gasteiger partial charge in [-0.15, -0.1) is 0 Å². The average Bonchev–Trinajstić information content (AvgIpc) is 2.68. The van der Waals surface area contributed by atoms with E-state index in [0.29, 0.717) is 22.9 Å². The van der Waals surface area contributed by atoms with E-state index in [2.05, 4.69) is 10.6 Å². The number of benzene rings is 3. The van der Waals surface area contributed by atoms with Crippen LogP contribution < -0.4 is 20.1 Å². The van der Waals surface area contributed by atoms with Crippen LogP contribution in [0.5, 0.6) is 11.5 Å². The summed E-state index contributed by atoms with van der Waals surface area (Å²) in [5.41, 5.74) is 0.928. The molecule has 132 valence electrons. The van der Waals surface area contributed by atoms with Gasteiger partial charge in [0.25, 0.3) is 0 Å². The number of anilines is 2. The number of hydrogen-bond donors (Lipinski definition) is 2. The maximum atomic E-state index is 12.2. The molecule has 2 amide bonds. The molecule has 2 N–H and O–H groups in total. The van der Waals surface area contributed by atoms with Crippen LogP contribution >= 0.6 is 0 Å². The minimum Gasteiger partial charge on any atom is -0.497 e. The Morgan fingerprint density at radius 3 is 2.23 bits per heavy atom. The Kier molecular flexibility index (Phi) is 5.03. The topological polar surface area (TPSA) is 76.7 Å². The monoisotopic (exact) mass is 350 g/mol. The molecule has 0 aliphatic carbocycles. The fourth-order valence-electron chi connectivity index (χ4n) is 2.54. The second-order valence-electron chi connectivity index (χ2n) is 5.54. The molecule has 0 saturated carbocycles. The zero-order chi connectivity index (χ0) is 18.5. The molecule has 0 spiro atoms. The lowest BCUT2D eigenvalue weighted by Gasteiger charge is -2.12. The summed E-state index contributed by atoms with van der Waals surface area (Å²) >= 11 is 0. The van der Waals surface area contributed by atoms with Gasteiger partial charge in [-0.1, -0.05) is 30.3 Å². The highest BCUT2D eigenvalue weighted by atomic mass is 16.5. The number of amides is 2. The van der Waals surface area contributed by atoms with Crippen LogP contribution in [0.2, 0.25) is 0 Å². The number of hydrogen-bond acceptors (Lipinski definition) is 4. The third-order valence-corrected chi connectivity index (χ3v) is 3.87. The van der Waals surface area contributed by atoms with Gasteiger partial charge in [0.2, 0.25) is 0 Å². The highest BCUT2D eigenvalue weighted by Crippen LogP contribution is 2.29.